The fourth-order valence-corrected chi connectivity index (χ4v) is 4.96. The number of fused-ring (bicyclic) bond motifs is 5. The standard InChI is InChI=1S/C20H14Cl2N2O6/c21-9-1-2-14(13(22)5-9)29-12-7-10(6-11(8-12)24(27)28)23-19(25)17-15-3-4-16(30-15)18(17)20(23)26/h1-2,5-8,15-18H,3-4H2/t15-,16+,17-,18+. The topological polar surface area (TPSA) is 99.0 Å². The number of anilines is 1. The van der Waals surface area contributed by atoms with Crippen molar-refractivity contribution in [2.24, 2.45) is 11.8 Å². The van der Waals surface area contributed by atoms with E-state index >= 15 is 0 Å². The predicted molar refractivity (Wildman–Crippen MR) is 107 cm³/mol. The summed E-state index contributed by atoms with van der Waals surface area (Å²) in [6.45, 7) is 0. The summed E-state index contributed by atoms with van der Waals surface area (Å²) >= 11 is 12.0. The van der Waals surface area contributed by atoms with Crippen LogP contribution in [-0.2, 0) is 14.3 Å². The Morgan fingerprint density at radius 3 is 2.30 bits per heavy atom. The second-order valence-electron chi connectivity index (χ2n) is 7.47. The van der Waals surface area contributed by atoms with Crippen LogP contribution in [0.3, 0.4) is 0 Å². The van der Waals surface area contributed by atoms with Gasteiger partial charge in [-0.25, -0.2) is 4.90 Å². The monoisotopic (exact) mass is 448 g/mol. The van der Waals surface area contributed by atoms with Crippen LogP contribution in [-0.4, -0.2) is 28.9 Å². The summed E-state index contributed by atoms with van der Waals surface area (Å²) in [7, 11) is 0. The maximum Gasteiger partial charge on any atom is 0.275 e. The van der Waals surface area contributed by atoms with Crippen LogP contribution < -0.4 is 9.64 Å². The Hall–Kier alpha value is -2.68. The Kier molecular flexibility index (Phi) is 4.46. The molecule has 3 fully saturated rings. The van der Waals surface area contributed by atoms with Crippen molar-refractivity contribution in [3.63, 3.8) is 0 Å². The van der Waals surface area contributed by atoms with Crippen molar-refractivity contribution >= 4 is 46.4 Å². The summed E-state index contributed by atoms with van der Waals surface area (Å²) < 4.78 is 11.4. The molecule has 0 N–H and O–H groups in total. The summed E-state index contributed by atoms with van der Waals surface area (Å²) in [5.41, 5.74) is -0.224. The minimum absolute atomic E-state index is 0.0697. The number of carbonyl (C=O) groups is 2. The third-order valence-electron chi connectivity index (χ3n) is 5.75. The molecule has 0 saturated carbocycles. The molecule has 30 heavy (non-hydrogen) atoms. The summed E-state index contributed by atoms with van der Waals surface area (Å²) in [6.07, 6.45) is 0.918. The lowest BCUT2D eigenvalue weighted by atomic mass is 9.81. The van der Waals surface area contributed by atoms with Gasteiger partial charge in [-0.2, -0.15) is 0 Å². The van der Waals surface area contributed by atoms with Crippen molar-refractivity contribution < 1.29 is 24.0 Å². The highest BCUT2D eigenvalue weighted by molar-refractivity contribution is 6.35. The summed E-state index contributed by atoms with van der Waals surface area (Å²) in [5, 5.41) is 12.1. The lowest BCUT2D eigenvalue weighted by Gasteiger charge is -2.18. The van der Waals surface area contributed by atoms with Gasteiger partial charge in [0.25, 0.3) is 5.69 Å². The van der Waals surface area contributed by atoms with Gasteiger partial charge in [-0.1, -0.05) is 23.2 Å². The first-order valence-corrected chi connectivity index (χ1v) is 10.0. The van der Waals surface area contributed by atoms with Crippen molar-refractivity contribution in [2.45, 2.75) is 25.0 Å². The zero-order chi connectivity index (χ0) is 21.2. The van der Waals surface area contributed by atoms with E-state index in [2.05, 4.69) is 0 Å². The number of halogens is 2. The molecule has 0 spiro atoms. The fourth-order valence-electron chi connectivity index (χ4n) is 4.51. The zero-order valence-corrected chi connectivity index (χ0v) is 16.8. The van der Waals surface area contributed by atoms with E-state index < -0.39 is 28.6 Å². The normalized spacial score (nSPS) is 26.9. The number of amides is 2. The van der Waals surface area contributed by atoms with Gasteiger partial charge in [0.05, 0.1) is 45.7 Å². The number of imide groups is 1. The molecule has 8 nitrogen and oxygen atoms in total. The Balaban J connectivity index is 1.53. The second-order valence-corrected chi connectivity index (χ2v) is 8.32. The minimum Gasteiger partial charge on any atom is -0.455 e. The van der Waals surface area contributed by atoms with E-state index in [0.29, 0.717) is 5.02 Å². The molecule has 3 saturated heterocycles. The van der Waals surface area contributed by atoms with Gasteiger partial charge in [-0.05, 0) is 31.0 Å². The van der Waals surface area contributed by atoms with Gasteiger partial charge in [0.1, 0.15) is 11.5 Å². The Morgan fingerprint density at radius 2 is 1.70 bits per heavy atom. The molecule has 3 aliphatic heterocycles. The smallest absolute Gasteiger partial charge is 0.275 e. The summed E-state index contributed by atoms with van der Waals surface area (Å²) in [6, 6.07) is 8.36. The molecule has 154 valence electrons. The average Bonchev–Trinajstić information content (AvgIpc) is 3.37. The maximum atomic E-state index is 13.0. The van der Waals surface area contributed by atoms with Crippen LogP contribution in [0.2, 0.25) is 10.0 Å². The van der Waals surface area contributed by atoms with Gasteiger partial charge in [0.2, 0.25) is 11.8 Å². The zero-order valence-electron chi connectivity index (χ0n) is 15.3. The highest BCUT2D eigenvalue weighted by Gasteiger charge is 2.62. The number of hydrogen-bond donors (Lipinski definition) is 0. The molecule has 3 heterocycles. The predicted octanol–water partition coefficient (Wildman–Crippen LogP) is 4.36. The molecule has 0 radical (unpaired) electrons. The number of nitro benzene ring substituents is 1. The number of nitro groups is 1. The third kappa shape index (κ3) is 2.94. The lowest BCUT2D eigenvalue weighted by molar-refractivity contribution is -0.384. The quantitative estimate of drug-likeness (QED) is 0.391. The SMILES string of the molecule is O=C1[C@@H]2[C@H](C(=O)N1c1cc(Oc3ccc(Cl)cc3Cl)cc([N+](=O)[O-])c1)[C@H]1CC[C@@H]2O1. The van der Waals surface area contributed by atoms with E-state index in [1.165, 1.54) is 30.3 Å². The number of carbonyl (C=O) groups excluding carboxylic acids is 2. The van der Waals surface area contributed by atoms with E-state index in [1.807, 2.05) is 0 Å². The highest BCUT2D eigenvalue weighted by Crippen LogP contribution is 2.50. The van der Waals surface area contributed by atoms with Crippen LogP contribution in [0, 0.1) is 22.0 Å². The number of hydrogen-bond acceptors (Lipinski definition) is 6. The Labute approximate surface area is 180 Å². The molecule has 2 bridgehead atoms. The van der Waals surface area contributed by atoms with Crippen LogP contribution in [0.5, 0.6) is 11.5 Å². The first-order chi connectivity index (χ1) is 14.3. The van der Waals surface area contributed by atoms with Gasteiger partial charge in [0, 0.05) is 17.2 Å². The van der Waals surface area contributed by atoms with E-state index in [4.69, 9.17) is 32.7 Å². The molecule has 2 aromatic rings. The average molecular weight is 449 g/mol. The van der Waals surface area contributed by atoms with Crippen LogP contribution in [0.1, 0.15) is 12.8 Å². The second kappa shape index (κ2) is 6.94. The van der Waals surface area contributed by atoms with Gasteiger partial charge in [-0.15, -0.1) is 0 Å². The van der Waals surface area contributed by atoms with Gasteiger partial charge in [-0.3, -0.25) is 19.7 Å². The first-order valence-electron chi connectivity index (χ1n) is 9.29. The maximum absolute atomic E-state index is 13.0. The highest BCUT2D eigenvalue weighted by atomic mass is 35.5. The molecule has 3 aliphatic rings. The van der Waals surface area contributed by atoms with Crippen LogP contribution >= 0.6 is 23.2 Å². The van der Waals surface area contributed by atoms with Crippen LogP contribution in [0.25, 0.3) is 0 Å². The van der Waals surface area contributed by atoms with Crippen molar-refractivity contribution in [2.75, 3.05) is 4.90 Å². The fraction of sp³-hybridized carbons (Fsp3) is 0.300. The van der Waals surface area contributed by atoms with Crippen molar-refractivity contribution in [3.8, 4) is 11.5 Å². The largest absolute Gasteiger partial charge is 0.455 e. The molecule has 4 atom stereocenters. The molecule has 2 aromatic carbocycles. The Bertz CT molecular complexity index is 1080. The molecule has 0 unspecified atom stereocenters. The third-order valence-corrected chi connectivity index (χ3v) is 6.28. The molecule has 5 rings (SSSR count). The van der Waals surface area contributed by atoms with Crippen molar-refractivity contribution in [1.29, 1.82) is 0 Å². The van der Waals surface area contributed by atoms with E-state index in [0.717, 1.165) is 17.7 Å². The number of benzene rings is 2. The van der Waals surface area contributed by atoms with E-state index in [9.17, 15) is 19.7 Å². The Morgan fingerprint density at radius 1 is 1.03 bits per heavy atom. The summed E-state index contributed by atoms with van der Waals surface area (Å²) in [4.78, 5) is 37.9. The number of ether oxygens (including phenoxy) is 2. The number of nitrogens with zero attached hydrogens (tertiary/aromatic N) is 2. The van der Waals surface area contributed by atoms with Crippen LogP contribution in [0.15, 0.2) is 36.4 Å². The van der Waals surface area contributed by atoms with Gasteiger partial charge in [0.15, 0.2) is 0 Å². The molecular weight excluding hydrogens is 435 g/mol. The molecule has 0 aromatic heterocycles. The minimum atomic E-state index is -0.613. The first kappa shape index (κ1) is 19.3. The molecule has 0 aliphatic carbocycles. The molecule has 2 amide bonds. The van der Waals surface area contributed by atoms with Crippen molar-refractivity contribution in [1.82, 2.24) is 0 Å². The van der Waals surface area contributed by atoms with E-state index in [1.54, 1.807) is 6.07 Å². The van der Waals surface area contributed by atoms with Gasteiger partial charge < -0.3 is 9.47 Å². The number of rotatable bonds is 4. The summed E-state index contributed by atoms with van der Waals surface area (Å²) in [5.74, 6) is -1.56. The van der Waals surface area contributed by atoms with Crippen LogP contribution in [0.4, 0.5) is 11.4 Å². The van der Waals surface area contributed by atoms with E-state index in [-0.39, 0.29) is 40.1 Å². The van der Waals surface area contributed by atoms with Gasteiger partial charge >= 0.3 is 0 Å². The molecule has 10 heteroatoms. The lowest BCUT2D eigenvalue weighted by Crippen LogP contribution is -2.34. The molecular formula is C20H14Cl2N2O6. The number of non-ortho nitro benzene ring substituents is 1. The van der Waals surface area contributed by atoms with Crippen molar-refractivity contribution in [3.05, 3.63) is 56.6 Å².